The molecule has 0 aromatic heterocycles. The number of benzene rings is 1. The molecule has 19 heavy (non-hydrogen) atoms. The van der Waals surface area contributed by atoms with E-state index in [0.29, 0.717) is 6.04 Å². The molecule has 3 heteroatoms. The van der Waals surface area contributed by atoms with Gasteiger partial charge in [0.25, 0.3) is 0 Å². The van der Waals surface area contributed by atoms with Gasteiger partial charge in [-0.25, -0.2) is 4.39 Å². The van der Waals surface area contributed by atoms with Crippen molar-refractivity contribution in [1.82, 2.24) is 5.32 Å². The van der Waals surface area contributed by atoms with Crippen LogP contribution in [-0.2, 0) is 0 Å². The van der Waals surface area contributed by atoms with Gasteiger partial charge in [-0.2, -0.15) is 0 Å². The molecule has 2 atom stereocenters. The predicted octanol–water partition coefficient (Wildman–Crippen LogP) is 4.15. The molecule has 1 saturated carbocycles. The number of rotatable bonds is 4. The summed E-state index contributed by atoms with van der Waals surface area (Å²) in [6, 6.07) is 4.71. The summed E-state index contributed by atoms with van der Waals surface area (Å²) >= 11 is 0. The molecule has 0 spiro atoms. The molecule has 2 rings (SSSR count). The minimum Gasteiger partial charge on any atom is -0.508 e. The standard InChI is InChI=1S/C16H24FNO/c1-11(13-6-4-3-5-7-13)18-12(2)15-9-8-14(17)10-16(15)19/h8-13,18-19H,3-7H2,1-2H3/t11-,12?/m0/s1. The van der Waals surface area contributed by atoms with Crippen LogP contribution in [0.25, 0.3) is 0 Å². The van der Waals surface area contributed by atoms with E-state index >= 15 is 0 Å². The van der Waals surface area contributed by atoms with Crippen molar-refractivity contribution in [3.63, 3.8) is 0 Å². The van der Waals surface area contributed by atoms with Gasteiger partial charge in [-0.15, -0.1) is 0 Å². The van der Waals surface area contributed by atoms with E-state index in [1.54, 1.807) is 6.07 Å². The third-order valence-corrected chi connectivity index (χ3v) is 4.33. The number of aromatic hydroxyl groups is 1. The second-order valence-corrected chi connectivity index (χ2v) is 5.78. The van der Waals surface area contributed by atoms with Gasteiger partial charge >= 0.3 is 0 Å². The van der Waals surface area contributed by atoms with Crippen LogP contribution in [0.4, 0.5) is 4.39 Å². The van der Waals surface area contributed by atoms with E-state index in [0.717, 1.165) is 11.5 Å². The Kier molecular flexibility index (Phi) is 4.81. The summed E-state index contributed by atoms with van der Waals surface area (Å²) in [4.78, 5) is 0. The normalized spacial score (nSPS) is 20.2. The minimum absolute atomic E-state index is 0.0378. The molecule has 2 N–H and O–H groups in total. The van der Waals surface area contributed by atoms with Crippen LogP contribution in [0.1, 0.15) is 57.6 Å². The molecular formula is C16H24FNO. The first-order valence-electron chi connectivity index (χ1n) is 7.32. The molecule has 1 fully saturated rings. The van der Waals surface area contributed by atoms with E-state index in [4.69, 9.17) is 0 Å². The van der Waals surface area contributed by atoms with E-state index in [1.165, 1.54) is 44.2 Å². The van der Waals surface area contributed by atoms with Gasteiger partial charge in [0.1, 0.15) is 11.6 Å². The summed E-state index contributed by atoms with van der Waals surface area (Å²) in [6.45, 7) is 4.24. The highest BCUT2D eigenvalue weighted by molar-refractivity contribution is 5.34. The summed E-state index contributed by atoms with van der Waals surface area (Å²) in [5.41, 5.74) is 0.768. The Labute approximate surface area is 115 Å². The van der Waals surface area contributed by atoms with Crippen LogP contribution < -0.4 is 5.32 Å². The van der Waals surface area contributed by atoms with Crippen LogP contribution in [-0.4, -0.2) is 11.1 Å². The molecule has 0 radical (unpaired) electrons. The first kappa shape index (κ1) is 14.3. The molecule has 1 aromatic carbocycles. The molecule has 1 unspecified atom stereocenters. The van der Waals surface area contributed by atoms with Crippen molar-refractivity contribution in [1.29, 1.82) is 0 Å². The van der Waals surface area contributed by atoms with E-state index in [1.807, 2.05) is 6.92 Å². The van der Waals surface area contributed by atoms with Crippen LogP contribution in [0.3, 0.4) is 0 Å². The lowest BCUT2D eigenvalue weighted by Crippen LogP contribution is -2.36. The lowest BCUT2D eigenvalue weighted by Gasteiger charge is -2.31. The van der Waals surface area contributed by atoms with Crippen molar-refractivity contribution in [2.24, 2.45) is 5.92 Å². The topological polar surface area (TPSA) is 32.3 Å². The second kappa shape index (κ2) is 6.38. The Balaban J connectivity index is 1.97. The van der Waals surface area contributed by atoms with Crippen molar-refractivity contribution in [2.45, 2.75) is 58.0 Å². The number of phenolic OH excluding ortho intramolecular Hbond substituents is 1. The summed E-state index contributed by atoms with van der Waals surface area (Å²) in [7, 11) is 0. The number of phenols is 1. The highest BCUT2D eigenvalue weighted by atomic mass is 19.1. The van der Waals surface area contributed by atoms with E-state index < -0.39 is 5.82 Å². The van der Waals surface area contributed by atoms with Crippen LogP contribution in [0, 0.1) is 11.7 Å². The molecule has 2 nitrogen and oxygen atoms in total. The molecule has 1 aliphatic carbocycles. The number of hydrogen-bond donors (Lipinski definition) is 2. The average molecular weight is 265 g/mol. The fourth-order valence-corrected chi connectivity index (χ4v) is 3.14. The fraction of sp³-hybridized carbons (Fsp3) is 0.625. The van der Waals surface area contributed by atoms with Gasteiger partial charge in [-0.05, 0) is 38.7 Å². The molecule has 0 bridgehead atoms. The highest BCUT2D eigenvalue weighted by Gasteiger charge is 2.22. The SMILES string of the molecule is CC(N[C@@H](C)C1CCCCC1)c1ccc(F)cc1O. The smallest absolute Gasteiger partial charge is 0.126 e. The number of halogens is 1. The van der Waals surface area contributed by atoms with E-state index in [9.17, 15) is 9.50 Å². The molecule has 0 saturated heterocycles. The molecule has 1 aliphatic rings. The average Bonchev–Trinajstić information content (AvgIpc) is 2.39. The van der Waals surface area contributed by atoms with Crippen molar-refractivity contribution in [2.75, 3.05) is 0 Å². The monoisotopic (exact) mass is 265 g/mol. The maximum absolute atomic E-state index is 13.0. The zero-order valence-corrected chi connectivity index (χ0v) is 11.8. The molecule has 106 valence electrons. The summed E-state index contributed by atoms with van der Waals surface area (Å²) in [6.07, 6.45) is 6.59. The molecule has 0 heterocycles. The Morgan fingerprint density at radius 1 is 1.21 bits per heavy atom. The Morgan fingerprint density at radius 3 is 2.53 bits per heavy atom. The summed E-state index contributed by atoms with van der Waals surface area (Å²) < 4.78 is 13.0. The zero-order valence-electron chi connectivity index (χ0n) is 11.8. The van der Waals surface area contributed by atoms with Crippen molar-refractivity contribution >= 4 is 0 Å². The second-order valence-electron chi connectivity index (χ2n) is 5.78. The van der Waals surface area contributed by atoms with Crippen LogP contribution in [0.5, 0.6) is 5.75 Å². The third-order valence-electron chi connectivity index (χ3n) is 4.33. The van der Waals surface area contributed by atoms with Gasteiger partial charge in [-0.3, -0.25) is 0 Å². The zero-order chi connectivity index (χ0) is 13.8. The van der Waals surface area contributed by atoms with E-state index in [-0.39, 0.29) is 11.8 Å². The van der Waals surface area contributed by atoms with Crippen LogP contribution in [0.15, 0.2) is 18.2 Å². The van der Waals surface area contributed by atoms with Gasteiger partial charge in [0, 0.05) is 23.7 Å². The number of nitrogens with one attached hydrogen (secondary N) is 1. The largest absolute Gasteiger partial charge is 0.508 e. The minimum atomic E-state index is -0.395. The van der Waals surface area contributed by atoms with E-state index in [2.05, 4.69) is 12.2 Å². The molecule has 0 amide bonds. The lowest BCUT2D eigenvalue weighted by atomic mass is 9.84. The van der Waals surface area contributed by atoms with Gasteiger partial charge < -0.3 is 10.4 Å². The van der Waals surface area contributed by atoms with Gasteiger partial charge in [0.05, 0.1) is 0 Å². The quantitative estimate of drug-likeness (QED) is 0.857. The highest BCUT2D eigenvalue weighted by Crippen LogP contribution is 2.29. The maximum Gasteiger partial charge on any atom is 0.126 e. The maximum atomic E-state index is 13.0. The third kappa shape index (κ3) is 3.69. The van der Waals surface area contributed by atoms with Crippen molar-refractivity contribution in [3.8, 4) is 5.75 Å². The fourth-order valence-electron chi connectivity index (χ4n) is 3.14. The molecular weight excluding hydrogens is 241 g/mol. The summed E-state index contributed by atoms with van der Waals surface area (Å²) in [5.74, 6) is 0.364. The first-order valence-corrected chi connectivity index (χ1v) is 7.32. The molecule has 0 aliphatic heterocycles. The first-order chi connectivity index (χ1) is 9.08. The van der Waals surface area contributed by atoms with Crippen molar-refractivity contribution in [3.05, 3.63) is 29.6 Å². The number of hydrogen-bond acceptors (Lipinski definition) is 2. The summed E-state index contributed by atoms with van der Waals surface area (Å²) in [5, 5.41) is 13.3. The lowest BCUT2D eigenvalue weighted by molar-refractivity contribution is 0.267. The van der Waals surface area contributed by atoms with Gasteiger partial charge in [-0.1, -0.05) is 25.3 Å². The van der Waals surface area contributed by atoms with Gasteiger partial charge in [0.15, 0.2) is 0 Å². The Bertz CT molecular complexity index is 415. The van der Waals surface area contributed by atoms with Crippen molar-refractivity contribution < 1.29 is 9.50 Å². The molecule has 1 aromatic rings. The van der Waals surface area contributed by atoms with Crippen LogP contribution >= 0.6 is 0 Å². The predicted molar refractivity (Wildman–Crippen MR) is 75.7 cm³/mol. The van der Waals surface area contributed by atoms with Crippen LogP contribution in [0.2, 0.25) is 0 Å². The Morgan fingerprint density at radius 2 is 1.89 bits per heavy atom. The Hall–Kier alpha value is -1.09. The van der Waals surface area contributed by atoms with Gasteiger partial charge in [0.2, 0.25) is 0 Å².